The van der Waals surface area contributed by atoms with E-state index in [1.54, 1.807) is 12.1 Å². The molecule has 4 rings (SSSR count). The van der Waals surface area contributed by atoms with Crippen molar-refractivity contribution in [2.45, 2.75) is 11.4 Å². The van der Waals surface area contributed by atoms with Crippen molar-refractivity contribution in [2.24, 2.45) is 0 Å². The van der Waals surface area contributed by atoms with Crippen molar-refractivity contribution in [3.8, 4) is 22.9 Å². The zero-order chi connectivity index (χ0) is 17.4. The second-order valence-electron chi connectivity index (χ2n) is 5.35. The molecule has 0 aliphatic carbocycles. The number of benzene rings is 2. The van der Waals surface area contributed by atoms with Gasteiger partial charge in [0.15, 0.2) is 11.9 Å². The number of nitrogens with one attached hydrogen (secondary N) is 1. The van der Waals surface area contributed by atoms with Gasteiger partial charge in [0.2, 0.25) is 11.0 Å². The van der Waals surface area contributed by atoms with Crippen molar-refractivity contribution < 1.29 is 9.84 Å². The highest BCUT2D eigenvalue weighted by Crippen LogP contribution is 2.40. The number of halogens is 1. The first-order valence-electron chi connectivity index (χ1n) is 7.45. The summed E-state index contributed by atoms with van der Waals surface area (Å²) in [5, 5.41) is 22.2. The first-order valence-corrected chi connectivity index (χ1v) is 9.05. The SMILES string of the molecule is CSc1nnc2c(n1)O[C@@H](c1ccc(O)c(Cl)c1)Nc1ccccc1-2. The molecule has 0 saturated carbocycles. The molecule has 1 aliphatic heterocycles. The van der Waals surface area contributed by atoms with E-state index in [0.717, 1.165) is 16.8 Å². The highest BCUT2D eigenvalue weighted by molar-refractivity contribution is 7.98. The molecule has 3 aromatic rings. The van der Waals surface area contributed by atoms with Crippen LogP contribution >= 0.6 is 23.4 Å². The number of aromatic nitrogens is 3. The van der Waals surface area contributed by atoms with Crippen molar-refractivity contribution in [2.75, 3.05) is 11.6 Å². The van der Waals surface area contributed by atoms with Crippen LogP contribution in [-0.2, 0) is 0 Å². The van der Waals surface area contributed by atoms with Crippen LogP contribution in [0.25, 0.3) is 11.3 Å². The summed E-state index contributed by atoms with van der Waals surface area (Å²) in [5.74, 6) is 0.416. The van der Waals surface area contributed by atoms with Crippen LogP contribution in [-0.4, -0.2) is 26.5 Å². The van der Waals surface area contributed by atoms with Gasteiger partial charge in [-0.25, -0.2) is 0 Å². The number of ether oxygens (including phenoxy) is 1. The highest BCUT2D eigenvalue weighted by Gasteiger charge is 2.26. The first kappa shape index (κ1) is 16.0. The summed E-state index contributed by atoms with van der Waals surface area (Å²) in [4.78, 5) is 4.45. The van der Waals surface area contributed by atoms with Crippen LogP contribution in [0.15, 0.2) is 47.6 Å². The molecule has 0 fully saturated rings. The molecule has 2 heterocycles. The van der Waals surface area contributed by atoms with Crippen molar-refractivity contribution >= 4 is 29.1 Å². The Labute approximate surface area is 153 Å². The van der Waals surface area contributed by atoms with E-state index in [0.29, 0.717) is 16.7 Å². The van der Waals surface area contributed by atoms with Gasteiger partial charge in [0.25, 0.3) is 0 Å². The molecule has 25 heavy (non-hydrogen) atoms. The van der Waals surface area contributed by atoms with Crippen LogP contribution < -0.4 is 10.1 Å². The molecule has 0 bridgehead atoms. The Kier molecular flexibility index (Phi) is 4.10. The van der Waals surface area contributed by atoms with E-state index < -0.39 is 6.23 Å². The van der Waals surface area contributed by atoms with E-state index in [9.17, 15) is 5.11 Å². The number of phenolic OH excluding ortho intramolecular Hbond substituents is 1. The number of hydrogen-bond donors (Lipinski definition) is 2. The molecular formula is C17H13ClN4O2S. The lowest BCUT2D eigenvalue weighted by Crippen LogP contribution is -2.17. The number of rotatable bonds is 2. The maximum atomic E-state index is 9.65. The fourth-order valence-electron chi connectivity index (χ4n) is 2.57. The van der Waals surface area contributed by atoms with Crippen molar-refractivity contribution in [1.29, 1.82) is 0 Å². The van der Waals surface area contributed by atoms with Gasteiger partial charge >= 0.3 is 0 Å². The molecule has 2 N–H and O–H groups in total. The minimum absolute atomic E-state index is 0.0218. The average Bonchev–Trinajstić information content (AvgIpc) is 2.80. The number of aromatic hydroxyl groups is 1. The van der Waals surface area contributed by atoms with E-state index in [4.69, 9.17) is 16.3 Å². The number of hydrogen-bond acceptors (Lipinski definition) is 7. The number of nitrogens with zero attached hydrogens (tertiary/aromatic N) is 3. The van der Waals surface area contributed by atoms with Gasteiger partial charge in [-0.15, -0.1) is 10.2 Å². The van der Waals surface area contributed by atoms with Gasteiger partial charge in [0, 0.05) is 16.8 Å². The fraction of sp³-hybridized carbons (Fsp3) is 0.118. The lowest BCUT2D eigenvalue weighted by atomic mass is 10.1. The maximum absolute atomic E-state index is 9.65. The molecule has 8 heteroatoms. The largest absolute Gasteiger partial charge is 0.506 e. The van der Waals surface area contributed by atoms with Crippen molar-refractivity contribution in [3.05, 3.63) is 53.1 Å². The minimum atomic E-state index is -0.535. The predicted octanol–water partition coefficient (Wildman–Crippen LogP) is 4.12. The van der Waals surface area contributed by atoms with Gasteiger partial charge in [-0.05, 0) is 30.5 Å². The highest BCUT2D eigenvalue weighted by atomic mass is 35.5. The Morgan fingerprint density at radius 2 is 2.04 bits per heavy atom. The van der Waals surface area contributed by atoms with Gasteiger partial charge in [-0.3, -0.25) is 0 Å². The number of thioether (sulfide) groups is 1. The zero-order valence-electron chi connectivity index (χ0n) is 13.1. The lowest BCUT2D eigenvalue weighted by Gasteiger charge is -2.19. The molecule has 6 nitrogen and oxygen atoms in total. The topological polar surface area (TPSA) is 80.2 Å². The Balaban J connectivity index is 1.85. The van der Waals surface area contributed by atoms with Crippen LogP contribution in [0.1, 0.15) is 11.8 Å². The standard InChI is InChI=1S/C17H13ClN4O2S/c1-25-17-20-16-14(21-22-17)10-4-2-3-5-12(10)19-15(24-16)9-6-7-13(23)11(18)8-9/h2-8,15,19,23H,1H3/t15-/m0/s1. The van der Waals surface area contributed by atoms with Crippen LogP contribution in [0.4, 0.5) is 5.69 Å². The molecule has 1 aliphatic rings. The van der Waals surface area contributed by atoms with Crippen LogP contribution in [0.5, 0.6) is 11.6 Å². The summed E-state index contributed by atoms with van der Waals surface area (Å²) in [5.41, 5.74) is 3.05. The summed E-state index contributed by atoms with van der Waals surface area (Å²) in [6.45, 7) is 0. The second kappa shape index (κ2) is 6.42. The summed E-state index contributed by atoms with van der Waals surface area (Å²) in [7, 11) is 0. The third-order valence-corrected chi connectivity index (χ3v) is 4.63. The van der Waals surface area contributed by atoms with E-state index in [1.807, 2.05) is 30.5 Å². The van der Waals surface area contributed by atoms with Crippen LogP contribution in [0.3, 0.4) is 0 Å². The summed E-state index contributed by atoms with van der Waals surface area (Å²) < 4.78 is 6.08. The van der Waals surface area contributed by atoms with Gasteiger partial charge < -0.3 is 15.2 Å². The van der Waals surface area contributed by atoms with Gasteiger partial charge in [0.1, 0.15) is 5.75 Å². The fourth-order valence-corrected chi connectivity index (χ4v) is 3.06. The predicted molar refractivity (Wildman–Crippen MR) is 97.2 cm³/mol. The van der Waals surface area contributed by atoms with E-state index in [-0.39, 0.29) is 10.8 Å². The first-order chi connectivity index (χ1) is 12.2. The van der Waals surface area contributed by atoms with E-state index in [1.165, 1.54) is 17.8 Å². The summed E-state index contributed by atoms with van der Waals surface area (Å²) in [6.07, 6.45) is 1.34. The number of phenols is 1. The summed E-state index contributed by atoms with van der Waals surface area (Å²) >= 11 is 7.44. The van der Waals surface area contributed by atoms with Gasteiger partial charge in [0.05, 0.1) is 5.02 Å². The molecule has 0 unspecified atom stereocenters. The van der Waals surface area contributed by atoms with Crippen molar-refractivity contribution in [1.82, 2.24) is 15.2 Å². The third-order valence-electron chi connectivity index (χ3n) is 3.79. The maximum Gasteiger partial charge on any atom is 0.247 e. The number of anilines is 1. The molecule has 0 radical (unpaired) electrons. The second-order valence-corrected chi connectivity index (χ2v) is 6.53. The van der Waals surface area contributed by atoms with E-state index >= 15 is 0 Å². The number of para-hydroxylation sites is 1. The monoisotopic (exact) mass is 372 g/mol. The minimum Gasteiger partial charge on any atom is -0.506 e. The van der Waals surface area contributed by atoms with Gasteiger partial charge in [-0.1, -0.05) is 41.6 Å². The van der Waals surface area contributed by atoms with Crippen molar-refractivity contribution in [3.63, 3.8) is 0 Å². The number of fused-ring (bicyclic) bond motifs is 3. The molecule has 0 spiro atoms. The quantitative estimate of drug-likeness (QED) is 0.655. The Bertz CT molecular complexity index is 954. The normalized spacial score (nSPS) is 15.4. The van der Waals surface area contributed by atoms with Crippen LogP contribution in [0, 0.1) is 0 Å². The molecule has 2 aromatic carbocycles. The molecule has 126 valence electrons. The zero-order valence-corrected chi connectivity index (χ0v) is 14.7. The Morgan fingerprint density at radius 3 is 2.84 bits per heavy atom. The Hall–Kier alpha value is -2.51. The van der Waals surface area contributed by atoms with Gasteiger partial charge in [-0.2, -0.15) is 4.98 Å². The van der Waals surface area contributed by atoms with E-state index in [2.05, 4.69) is 20.5 Å². The summed E-state index contributed by atoms with van der Waals surface area (Å²) in [6, 6.07) is 12.7. The lowest BCUT2D eigenvalue weighted by molar-refractivity contribution is 0.225. The Morgan fingerprint density at radius 1 is 1.20 bits per heavy atom. The molecule has 1 atom stereocenters. The average molecular weight is 373 g/mol. The molecule has 0 amide bonds. The molecular weight excluding hydrogens is 360 g/mol. The van der Waals surface area contributed by atoms with Crippen LogP contribution in [0.2, 0.25) is 5.02 Å². The third kappa shape index (κ3) is 2.96. The molecule has 0 saturated heterocycles. The molecule has 1 aromatic heterocycles. The smallest absolute Gasteiger partial charge is 0.247 e.